The molecule has 2 N–H and O–H groups in total. The van der Waals surface area contributed by atoms with E-state index in [9.17, 15) is 13.3 Å². The van der Waals surface area contributed by atoms with Crippen molar-refractivity contribution in [1.82, 2.24) is 9.55 Å². The minimum Gasteiger partial charge on any atom is -0.334 e. The Morgan fingerprint density at radius 3 is 2.36 bits per heavy atom. The second kappa shape index (κ2) is 6.94. The van der Waals surface area contributed by atoms with Gasteiger partial charge >= 0.3 is 7.60 Å². The van der Waals surface area contributed by atoms with Crippen LogP contribution < -0.4 is 0 Å². The van der Waals surface area contributed by atoms with Gasteiger partial charge in [-0.2, -0.15) is 0 Å². The van der Waals surface area contributed by atoms with Gasteiger partial charge in [-0.25, -0.2) is 13.8 Å². The van der Waals surface area contributed by atoms with Crippen LogP contribution in [0.25, 0.3) is 21.9 Å². The van der Waals surface area contributed by atoms with Gasteiger partial charge < -0.3 is 14.4 Å². The first-order chi connectivity index (χ1) is 13.2. The Morgan fingerprint density at radius 2 is 1.68 bits per heavy atom. The van der Waals surface area contributed by atoms with Crippen LogP contribution in [0.1, 0.15) is 11.1 Å². The molecular weight excluding hydrogens is 409 g/mol. The van der Waals surface area contributed by atoms with E-state index >= 15 is 0 Å². The summed E-state index contributed by atoms with van der Waals surface area (Å²) in [5, 5.41) is 0.397. The Balaban J connectivity index is 1.83. The number of benzene rings is 2. The fraction of sp³-hybridized carbons (Fsp3) is 0.105. The molecule has 0 unspecified atom stereocenters. The van der Waals surface area contributed by atoms with Crippen molar-refractivity contribution in [3.05, 3.63) is 76.4 Å². The number of hydrogen-bond donors (Lipinski definition) is 2. The molecule has 0 amide bonds. The van der Waals surface area contributed by atoms with Crippen molar-refractivity contribution >= 4 is 41.1 Å². The summed E-state index contributed by atoms with van der Waals surface area (Å²) in [7, 11) is -4.15. The van der Waals surface area contributed by atoms with Crippen LogP contribution in [0.15, 0.2) is 48.5 Å². The van der Waals surface area contributed by atoms with Gasteiger partial charge in [0.25, 0.3) is 0 Å². The Hall–Kier alpha value is -2.31. The molecule has 0 aliphatic heterocycles. The summed E-state index contributed by atoms with van der Waals surface area (Å²) >= 11 is 5.96. The van der Waals surface area contributed by atoms with Crippen LogP contribution >= 0.6 is 19.2 Å². The lowest BCUT2D eigenvalue weighted by Crippen LogP contribution is -2.00. The fourth-order valence-corrected chi connectivity index (χ4v) is 4.14. The van der Waals surface area contributed by atoms with Gasteiger partial charge in [0.2, 0.25) is 0 Å². The predicted octanol–water partition coefficient (Wildman–Crippen LogP) is 4.85. The van der Waals surface area contributed by atoms with E-state index in [0.717, 1.165) is 11.6 Å². The first kappa shape index (κ1) is 19.0. The molecule has 0 aliphatic carbocycles. The first-order valence-electron chi connectivity index (χ1n) is 8.27. The SMILES string of the molecule is O=P(O)(O)Cc1ccc(Cn2c3ccc(Cl)nc3c3c(F)cc(F)cc32)cc1. The third-order valence-corrected chi connectivity index (χ3v) is 5.43. The molecule has 144 valence electrons. The number of aromatic nitrogens is 2. The van der Waals surface area contributed by atoms with Gasteiger partial charge in [-0.05, 0) is 29.3 Å². The van der Waals surface area contributed by atoms with Gasteiger partial charge in [0, 0.05) is 12.6 Å². The molecule has 0 saturated carbocycles. The van der Waals surface area contributed by atoms with Crippen LogP contribution in [0, 0.1) is 11.6 Å². The van der Waals surface area contributed by atoms with Crippen LogP contribution in [0.4, 0.5) is 8.78 Å². The molecule has 5 nitrogen and oxygen atoms in total. The average molecular weight is 423 g/mol. The van der Waals surface area contributed by atoms with E-state index < -0.39 is 19.2 Å². The molecule has 28 heavy (non-hydrogen) atoms. The molecule has 9 heteroatoms. The molecule has 0 spiro atoms. The smallest absolute Gasteiger partial charge is 0.329 e. The van der Waals surface area contributed by atoms with Crippen molar-refractivity contribution in [3.8, 4) is 0 Å². The van der Waals surface area contributed by atoms with Crippen LogP contribution in [-0.2, 0) is 17.3 Å². The van der Waals surface area contributed by atoms with Crippen molar-refractivity contribution in [1.29, 1.82) is 0 Å². The molecular formula is C19H14ClF2N2O3P. The highest BCUT2D eigenvalue weighted by Gasteiger charge is 2.18. The van der Waals surface area contributed by atoms with Crippen LogP contribution in [-0.4, -0.2) is 19.3 Å². The zero-order valence-electron chi connectivity index (χ0n) is 14.3. The Labute approximate surface area is 163 Å². The Bertz CT molecular complexity index is 1250. The molecule has 0 atom stereocenters. The lowest BCUT2D eigenvalue weighted by atomic mass is 10.1. The molecule has 4 aromatic rings. The number of pyridine rings is 1. The summed E-state index contributed by atoms with van der Waals surface area (Å²) in [6.07, 6.45) is -0.346. The van der Waals surface area contributed by atoms with Crippen molar-refractivity contribution in [2.45, 2.75) is 12.7 Å². The predicted molar refractivity (Wildman–Crippen MR) is 103 cm³/mol. The monoisotopic (exact) mass is 422 g/mol. The fourth-order valence-electron chi connectivity index (χ4n) is 3.31. The highest BCUT2D eigenvalue weighted by molar-refractivity contribution is 7.50. The molecule has 0 fully saturated rings. The summed E-state index contributed by atoms with van der Waals surface area (Å²) < 4.78 is 41.2. The summed E-state index contributed by atoms with van der Waals surface area (Å²) in [4.78, 5) is 22.4. The first-order valence-corrected chi connectivity index (χ1v) is 10.4. The van der Waals surface area contributed by atoms with Gasteiger partial charge in [0.05, 0.1) is 22.6 Å². The summed E-state index contributed by atoms with van der Waals surface area (Å²) in [6, 6.07) is 12.0. The largest absolute Gasteiger partial charge is 0.334 e. The highest BCUT2D eigenvalue weighted by atomic mass is 35.5. The van der Waals surface area contributed by atoms with Crippen molar-refractivity contribution in [2.24, 2.45) is 0 Å². The number of halogens is 3. The Kier molecular flexibility index (Phi) is 4.71. The van der Waals surface area contributed by atoms with E-state index in [0.29, 0.717) is 28.7 Å². The maximum Gasteiger partial charge on any atom is 0.329 e. The van der Waals surface area contributed by atoms with Crippen LogP contribution in [0.2, 0.25) is 5.15 Å². The number of fused-ring (bicyclic) bond motifs is 3. The van der Waals surface area contributed by atoms with Crippen LogP contribution in [0.3, 0.4) is 0 Å². The average Bonchev–Trinajstić information content (AvgIpc) is 2.88. The molecule has 4 rings (SSSR count). The highest BCUT2D eigenvalue weighted by Crippen LogP contribution is 2.39. The quantitative estimate of drug-likeness (QED) is 0.364. The van der Waals surface area contributed by atoms with Gasteiger partial charge in [0.15, 0.2) is 0 Å². The lowest BCUT2D eigenvalue weighted by Gasteiger charge is -2.09. The molecule has 2 aromatic heterocycles. The van der Waals surface area contributed by atoms with E-state index in [2.05, 4.69) is 4.98 Å². The minimum absolute atomic E-state index is 0.192. The Morgan fingerprint density at radius 1 is 1.00 bits per heavy atom. The molecule has 2 heterocycles. The summed E-state index contributed by atoms with van der Waals surface area (Å²) in [6.45, 7) is 0.294. The topological polar surface area (TPSA) is 75.3 Å². The van der Waals surface area contributed by atoms with Crippen molar-refractivity contribution in [3.63, 3.8) is 0 Å². The van der Waals surface area contributed by atoms with E-state index in [1.807, 2.05) is 0 Å². The van der Waals surface area contributed by atoms with E-state index in [1.54, 1.807) is 41.0 Å². The van der Waals surface area contributed by atoms with Crippen LogP contribution in [0.5, 0.6) is 0 Å². The molecule has 2 aromatic carbocycles. The standard InChI is InChI=1S/C19H14ClF2N2O3P/c20-17-6-5-15-19(23-17)18-14(22)7-13(21)8-16(18)24(15)9-11-1-3-12(4-2-11)10-28(25,26)27/h1-8H,9-10H2,(H2,25,26,27). The number of nitrogens with zero attached hydrogens (tertiary/aromatic N) is 2. The molecule has 0 aliphatic rings. The maximum atomic E-state index is 14.5. The second-order valence-corrected chi connectivity index (χ2v) is 8.54. The zero-order chi connectivity index (χ0) is 20.1. The zero-order valence-corrected chi connectivity index (χ0v) is 16.0. The second-order valence-electron chi connectivity index (χ2n) is 6.51. The normalized spacial score (nSPS) is 12.2. The van der Waals surface area contributed by atoms with E-state index in [1.165, 1.54) is 6.07 Å². The molecule has 0 bridgehead atoms. The summed E-state index contributed by atoms with van der Waals surface area (Å²) in [5.74, 6) is -1.41. The van der Waals surface area contributed by atoms with Crippen molar-refractivity contribution in [2.75, 3.05) is 0 Å². The van der Waals surface area contributed by atoms with Gasteiger partial charge in [-0.15, -0.1) is 0 Å². The third-order valence-electron chi connectivity index (χ3n) is 4.44. The molecule has 0 radical (unpaired) electrons. The van der Waals surface area contributed by atoms with Crippen molar-refractivity contribution < 1.29 is 23.1 Å². The van der Waals surface area contributed by atoms with E-state index in [4.69, 9.17) is 21.4 Å². The van der Waals surface area contributed by atoms with Gasteiger partial charge in [-0.3, -0.25) is 4.57 Å². The summed E-state index contributed by atoms with van der Waals surface area (Å²) in [5.41, 5.74) is 2.60. The number of hydrogen-bond acceptors (Lipinski definition) is 2. The van der Waals surface area contributed by atoms with Gasteiger partial charge in [0.1, 0.15) is 22.3 Å². The van der Waals surface area contributed by atoms with Gasteiger partial charge in [-0.1, -0.05) is 35.9 Å². The molecule has 0 saturated heterocycles. The minimum atomic E-state index is -4.15. The van der Waals surface area contributed by atoms with E-state index in [-0.39, 0.29) is 16.7 Å². The third kappa shape index (κ3) is 3.66. The lowest BCUT2D eigenvalue weighted by molar-refractivity contribution is 0.371. The maximum absolute atomic E-state index is 14.5. The number of rotatable bonds is 4.